The molecule has 1 aromatic rings. The summed E-state index contributed by atoms with van der Waals surface area (Å²) in [5.41, 5.74) is 0. The number of carbonyl (C=O) groups is 1. The van der Waals surface area contributed by atoms with E-state index in [4.69, 9.17) is 5.11 Å². The molecule has 1 unspecified atom stereocenters. The van der Waals surface area contributed by atoms with Gasteiger partial charge in [0.1, 0.15) is 0 Å². The Labute approximate surface area is 119 Å². The molecule has 0 fully saturated rings. The van der Waals surface area contributed by atoms with Crippen LogP contribution in [-0.2, 0) is 14.6 Å². The second-order valence-corrected chi connectivity index (χ2v) is 6.28. The second kappa shape index (κ2) is 7.81. The van der Waals surface area contributed by atoms with Crippen LogP contribution in [0.4, 0.5) is 0 Å². The second-order valence-electron chi connectivity index (χ2n) is 4.44. The molecule has 5 nitrogen and oxygen atoms in total. The van der Waals surface area contributed by atoms with Gasteiger partial charge < -0.3 is 10.4 Å². The molecular weight excluding hydrogens is 278 g/mol. The number of carbonyl (C=O) groups excluding carboxylic acids is 1. The summed E-state index contributed by atoms with van der Waals surface area (Å²) in [6, 6.07) is 7.91. The van der Waals surface area contributed by atoms with Gasteiger partial charge in [-0.25, -0.2) is 8.42 Å². The van der Waals surface area contributed by atoms with Crippen LogP contribution in [0.15, 0.2) is 46.7 Å². The summed E-state index contributed by atoms with van der Waals surface area (Å²) in [6.07, 6.45) is 1.83. The topological polar surface area (TPSA) is 83.5 Å². The number of sulfone groups is 1. The van der Waals surface area contributed by atoms with E-state index < -0.39 is 21.8 Å². The summed E-state index contributed by atoms with van der Waals surface area (Å²) in [5.74, 6) is -0.463. The maximum absolute atomic E-state index is 11.9. The Balaban J connectivity index is 2.49. The van der Waals surface area contributed by atoms with Crippen LogP contribution < -0.4 is 5.32 Å². The summed E-state index contributed by atoms with van der Waals surface area (Å²) in [6.45, 7) is 2.08. The lowest BCUT2D eigenvalue weighted by molar-refractivity contribution is -0.116. The first-order valence-electron chi connectivity index (χ1n) is 6.36. The number of nitrogens with one attached hydrogen (secondary N) is 1. The van der Waals surface area contributed by atoms with Gasteiger partial charge in [0.2, 0.25) is 5.91 Å². The molecule has 1 atom stereocenters. The Morgan fingerprint density at radius 2 is 2.00 bits per heavy atom. The van der Waals surface area contributed by atoms with Crippen molar-refractivity contribution < 1.29 is 18.3 Å². The molecular formula is C14H19NO4S. The van der Waals surface area contributed by atoms with Crippen molar-refractivity contribution in [1.82, 2.24) is 5.32 Å². The zero-order chi connectivity index (χ0) is 15.0. The first kappa shape index (κ1) is 16.4. The largest absolute Gasteiger partial charge is 0.393 e. The molecule has 2 N–H and O–H groups in total. The molecule has 0 spiro atoms. The predicted octanol–water partition coefficient (Wildman–Crippen LogP) is 1.25. The number of benzene rings is 1. The molecule has 20 heavy (non-hydrogen) atoms. The first-order valence-corrected chi connectivity index (χ1v) is 7.90. The van der Waals surface area contributed by atoms with Crippen molar-refractivity contribution in [2.24, 2.45) is 0 Å². The lowest BCUT2D eigenvalue weighted by atomic mass is 10.2. The standard InChI is InChI=1S/C14H19NO4S/c1-12(16)6-5-10-15-14(17)9-11-20(18,19)13-7-3-2-4-8-13/h2-4,7-9,11-12,16H,5-6,10H2,1H3,(H,15,17)/b11-9+. The Bertz CT molecular complexity index is 550. The average Bonchev–Trinajstić information content (AvgIpc) is 2.42. The van der Waals surface area contributed by atoms with Crippen LogP contribution in [0.2, 0.25) is 0 Å². The minimum atomic E-state index is -3.58. The van der Waals surface area contributed by atoms with Gasteiger partial charge in [0.25, 0.3) is 0 Å². The van der Waals surface area contributed by atoms with Crippen LogP contribution in [-0.4, -0.2) is 32.1 Å². The van der Waals surface area contributed by atoms with Crippen molar-refractivity contribution in [3.8, 4) is 0 Å². The van der Waals surface area contributed by atoms with E-state index in [0.717, 1.165) is 11.5 Å². The highest BCUT2D eigenvalue weighted by Crippen LogP contribution is 2.10. The zero-order valence-corrected chi connectivity index (χ0v) is 12.1. The average molecular weight is 297 g/mol. The number of aliphatic hydroxyl groups is 1. The van der Waals surface area contributed by atoms with E-state index in [1.807, 2.05) is 0 Å². The zero-order valence-electron chi connectivity index (χ0n) is 11.3. The van der Waals surface area contributed by atoms with Crippen LogP contribution in [0.3, 0.4) is 0 Å². The number of amides is 1. The van der Waals surface area contributed by atoms with E-state index in [0.29, 0.717) is 19.4 Å². The summed E-state index contributed by atoms with van der Waals surface area (Å²) in [5, 5.41) is 12.5. The van der Waals surface area contributed by atoms with Crippen molar-refractivity contribution in [2.45, 2.75) is 30.8 Å². The monoisotopic (exact) mass is 297 g/mol. The Morgan fingerprint density at radius 1 is 1.35 bits per heavy atom. The molecule has 1 rings (SSSR count). The van der Waals surface area contributed by atoms with Gasteiger partial charge in [-0.2, -0.15) is 0 Å². The molecule has 0 aliphatic carbocycles. The molecule has 0 radical (unpaired) electrons. The van der Waals surface area contributed by atoms with Gasteiger partial charge in [0.15, 0.2) is 9.84 Å². The van der Waals surface area contributed by atoms with Crippen molar-refractivity contribution in [3.05, 3.63) is 41.8 Å². The molecule has 0 aromatic heterocycles. The van der Waals surface area contributed by atoms with Gasteiger partial charge in [0, 0.05) is 18.0 Å². The third kappa shape index (κ3) is 5.99. The number of rotatable bonds is 7. The summed E-state index contributed by atoms with van der Waals surface area (Å²) in [4.78, 5) is 11.6. The fraction of sp³-hybridized carbons (Fsp3) is 0.357. The van der Waals surface area contributed by atoms with Crippen LogP contribution in [0.25, 0.3) is 0 Å². The van der Waals surface area contributed by atoms with E-state index >= 15 is 0 Å². The Kier molecular flexibility index (Phi) is 6.41. The molecule has 1 amide bonds. The molecule has 0 heterocycles. The smallest absolute Gasteiger partial charge is 0.244 e. The van der Waals surface area contributed by atoms with Gasteiger partial charge in [-0.1, -0.05) is 18.2 Å². The van der Waals surface area contributed by atoms with Gasteiger partial charge in [-0.15, -0.1) is 0 Å². The lowest BCUT2D eigenvalue weighted by Crippen LogP contribution is -2.23. The highest BCUT2D eigenvalue weighted by Gasteiger charge is 2.09. The third-order valence-corrected chi connectivity index (χ3v) is 3.99. The fourth-order valence-corrected chi connectivity index (χ4v) is 2.50. The predicted molar refractivity (Wildman–Crippen MR) is 76.7 cm³/mol. The van der Waals surface area contributed by atoms with Gasteiger partial charge in [0.05, 0.1) is 11.0 Å². The van der Waals surface area contributed by atoms with E-state index in [-0.39, 0.29) is 4.90 Å². The maximum atomic E-state index is 11.9. The number of aliphatic hydroxyl groups excluding tert-OH is 1. The van der Waals surface area contributed by atoms with Gasteiger partial charge in [-0.05, 0) is 31.9 Å². The first-order chi connectivity index (χ1) is 9.42. The molecule has 110 valence electrons. The lowest BCUT2D eigenvalue weighted by Gasteiger charge is -2.04. The molecule has 6 heteroatoms. The number of hydrogen-bond donors (Lipinski definition) is 2. The minimum Gasteiger partial charge on any atom is -0.393 e. The Hall–Kier alpha value is -1.66. The van der Waals surface area contributed by atoms with Crippen LogP contribution >= 0.6 is 0 Å². The molecule has 0 aliphatic heterocycles. The van der Waals surface area contributed by atoms with Crippen LogP contribution in [0, 0.1) is 0 Å². The van der Waals surface area contributed by atoms with Crippen molar-refractivity contribution >= 4 is 15.7 Å². The minimum absolute atomic E-state index is 0.151. The summed E-state index contributed by atoms with van der Waals surface area (Å²) in [7, 11) is -3.58. The van der Waals surface area contributed by atoms with Gasteiger partial charge in [-0.3, -0.25) is 4.79 Å². The van der Waals surface area contributed by atoms with Crippen LogP contribution in [0.1, 0.15) is 19.8 Å². The van der Waals surface area contributed by atoms with Crippen molar-refractivity contribution in [1.29, 1.82) is 0 Å². The molecule has 1 aromatic carbocycles. The Morgan fingerprint density at radius 3 is 2.60 bits per heavy atom. The third-order valence-electron chi connectivity index (χ3n) is 2.57. The van der Waals surface area contributed by atoms with E-state index in [2.05, 4.69) is 5.32 Å². The summed E-state index contributed by atoms with van der Waals surface area (Å²) >= 11 is 0. The quantitative estimate of drug-likeness (QED) is 0.586. The maximum Gasteiger partial charge on any atom is 0.244 e. The van der Waals surface area contributed by atoms with Gasteiger partial charge >= 0.3 is 0 Å². The van der Waals surface area contributed by atoms with E-state index in [1.165, 1.54) is 12.1 Å². The van der Waals surface area contributed by atoms with E-state index in [9.17, 15) is 13.2 Å². The molecule has 0 saturated carbocycles. The molecule has 0 aliphatic rings. The SMILES string of the molecule is CC(O)CCCNC(=O)/C=C/S(=O)(=O)c1ccccc1. The number of hydrogen-bond acceptors (Lipinski definition) is 4. The van der Waals surface area contributed by atoms with Crippen LogP contribution in [0.5, 0.6) is 0 Å². The molecule has 0 saturated heterocycles. The highest BCUT2D eigenvalue weighted by molar-refractivity contribution is 7.94. The van der Waals surface area contributed by atoms with Crippen molar-refractivity contribution in [3.63, 3.8) is 0 Å². The highest BCUT2D eigenvalue weighted by atomic mass is 32.2. The molecule has 0 bridgehead atoms. The van der Waals surface area contributed by atoms with E-state index in [1.54, 1.807) is 25.1 Å². The fourth-order valence-electron chi connectivity index (χ4n) is 1.51. The summed E-state index contributed by atoms with van der Waals surface area (Å²) < 4.78 is 23.7. The van der Waals surface area contributed by atoms with Crippen molar-refractivity contribution in [2.75, 3.05) is 6.54 Å². The normalized spacial score (nSPS) is 13.3.